The maximum absolute atomic E-state index is 13.4. The Morgan fingerprint density at radius 3 is 2.21 bits per heavy atom. The highest BCUT2D eigenvalue weighted by Gasteiger charge is 2.37. The summed E-state index contributed by atoms with van der Waals surface area (Å²) >= 11 is 0. The van der Waals surface area contributed by atoms with Gasteiger partial charge >= 0.3 is 0 Å². The molecule has 3 rings (SSSR count). The molecule has 0 aromatic heterocycles. The van der Waals surface area contributed by atoms with Gasteiger partial charge in [-0.2, -0.15) is 0 Å². The van der Waals surface area contributed by atoms with Gasteiger partial charge in [-0.1, -0.05) is 68.0 Å². The molecule has 1 aliphatic rings. The van der Waals surface area contributed by atoms with E-state index in [0.717, 1.165) is 43.5 Å². The van der Waals surface area contributed by atoms with Crippen molar-refractivity contribution in [1.82, 2.24) is 4.90 Å². The van der Waals surface area contributed by atoms with Crippen molar-refractivity contribution < 1.29 is 9.50 Å². The maximum atomic E-state index is 13.4. The average molecular weight is 396 g/mol. The lowest BCUT2D eigenvalue weighted by Gasteiger charge is -2.43. The molecule has 0 aliphatic carbocycles. The average Bonchev–Trinajstić information content (AvgIpc) is 2.68. The zero-order valence-corrected chi connectivity index (χ0v) is 18.2. The summed E-state index contributed by atoms with van der Waals surface area (Å²) in [6.07, 6.45) is 4.77. The van der Waals surface area contributed by atoms with Crippen LogP contribution in [0.15, 0.2) is 66.2 Å². The number of hydrogen-bond donors (Lipinski definition) is 1. The molecular weight excluding hydrogens is 361 g/mol. The Morgan fingerprint density at radius 1 is 1.07 bits per heavy atom. The molecule has 1 N–H and O–H groups in total. The lowest BCUT2D eigenvalue weighted by Crippen LogP contribution is -2.48. The molecular formula is C26H34FNO. The maximum Gasteiger partial charge on any atom is 0.123 e. The van der Waals surface area contributed by atoms with Crippen molar-refractivity contribution in [3.05, 3.63) is 83.2 Å². The molecule has 29 heavy (non-hydrogen) atoms. The van der Waals surface area contributed by atoms with Gasteiger partial charge in [0.25, 0.3) is 0 Å². The summed E-state index contributed by atoms with van der Waals surface area (Å²) in [5.41, 5.74) is 2.67. The van der Waals surface area contributed by atoms with Crippen molar-refractivity contribution >= 4 is 0 Å². The van der Waals surface area contributed by atoms with E-state index in [1.807, 2.05) is 42.5 Å². The van der Waals surface area contributed by atoms with Crippen molar-refractivity contribution in [2.24, 2.45) is 0 Å². The molecule has 3 heteroatoms. The predicted octanol–water partition coefficient (Wildman–Crippen LogP) is 5.81. The van der Waals surface area contributed by atoms with E-state index in [0.29, 0.717) is 6.04 Å². The number of hydrogen-bond acceptors (Lipinski definition) is 2. The third-order valence-electron chi connectivity index (χ3n) is 6.28. The number of piperidine rings is 1. The van der Waals surface area contributed by atoms with Crippen LogP contribution in [-0.4, -0.2) is 29.1 Å². The fourth-order valence-electron chi connectivity index (χ4n) is 4.48. The van der Waals surface area contributed by atoms with Crippen LogP contribution in [0.3, 0.4) is 0 Å². The van der Waals surface area contributed by atoms with Gasteiger partial charge in [-0.05, 0) is 61.8 Å². The predicted molar refractivity (Wildman–Crippen MR) is 118 cm³/mol. The summed E-state index contributed by atoms with van der Waals surface area (Å²) in [5.74, 6) is -0.193. The third-order valence-corrected chi connectivity index (χ3v) is 6.28. The molecule has 156 valence electrons. The molecule has 1 saturated heterocycles. The molecule has 1 heterocycles. The van der Waals surface area contributed by atoms with Gasteiger partial charge in [-0.25, -0.2) is 4.39 Å². The second kappa shape index (κ2) is 8.81. The lowest BCUT2D eigenvalue weighted by atomic mass is 9.77. The molecule has 0 saturated carbocycles. The molecule has 2 aromatic rings. The number of halogens is 1. The minimum atomic E-state index is -0.736. The van der Waals surface area contributed by atoms with Crippen LogP contribution in [0.5, 0.6) is 0 Å². The quantitative estimate of drug-likeness (QED) is 0.624. The topological polar surface area (TPSA) is 23.5 Å². The van der Waals surface area contributed by atoms with E-state index < -0.39 is 5.60 Å². The molecule has 1 unspecified atom stereocenters. The van der Waals surface area contributed by atoms with E-state index in [4.69, 9.17) is 0 Å². The van der Waals surface area contributed by atoms with Gasteiger partial charge in [-0.15, -0.1) is 0 Å². The minimum absolute atomic E-state index is 0.0719. The van der Waals surface area contributed by atoms with Crippen molar-refractivity contribution in [2.45, 2.75) is 64.0 Å². The number of aliphatic hydroxyl groups is 1. The largest absolute Gasteiger partial charge is 0.385 e. The molecule has 0 bridgehead atoms. The van der Waals surface area contributed by atoms with Crippen LogP contribution in [0.1, 0.15) is 58.1 Å². The van der Waals surface area contributed by atoms with E-state index in [-0.39, 0.29) is 11.2 Å². The highest BCUT2D eigenvalue weighted by Crippen LogP contribution is 2.36. The van der Waals surface area contributed by atoms with Crippen LogP contribution in [0.2, 0.25) is 0 Å². The first kappa shape index (κ1) is 21.7. The SMILES string of the molecule is CC(C)=CC(CC(C)(C)c1ccc(F)cc1)N1CCC(O)(c2ccccc2)CC1. The normalized spacial score (nSPS) is 18.3. The fraction of sp³-hybridized carbons (Fsp3) is 0.462. The van der Waals surface area contributed by atoms with Crippen LogP contribution >= 0.6 is 0 Å². The molecule has 1 fully saturated rings. The first-order valence-corrected chi connectivity index (χ1v) is 10.6. The van der Waals surface area contributed by atoms with Gasteiger partial charge in [0.2, 0.25) is 0 Å². The Balaban J connectivity index is 1.75. The Labute approximate surface area is 175 Å². The summed E-state index contributed by atoms with van der Waals surface area (Å²) in [5, 5.41) is 11.2. The number of rotatable bonds is 6. The number of benzene rings is 2. The van der Waals surface area contributed by atoms with Crippen LogP contribution in [-0.2, 0) is 11.0 Å². The second-order valence-corrected chi connectivity index (χ2v) is 9.34. The van der Waals surface area contributed by atoms with Crippen LogP contribution in [0, 0.1) is 5.82 Å². The van der Waals surface area contributed by atoms with E-state index in [1.165, 1.54) is 5.57 Å². The van der Waals surface area contributed by atoms with Gasteiger partial charge in [0, 0.05) is 19.1 Å². The second-order valence-electron chi connectivity index (χ2n) is 9.34. The number of likely N-dealkylation sites (tertiary alicyclic amines) is 1. The molecule has 1 atom stereocenters. The standard InChI is InChI=1S/C26H34FNO/c1-20(2)18-24(19-25(3,4)21-10-12-23(27)13-11-21)28-16-14-26(29,15-17-28)22-8-6-5-7-9-22/h5-13,18,24,29H,14-17,19H2,1-4H3. The van der Waals surface area contributed by atoms with E-state index in [9.17, 15) is 9.50 Å². The first-order chi connectivity index (χ1) is 13.7. The van der Waals surface area contributed by atoms with Gasteiger partial charge in [-0.3, -0.25) is 4.90 Å². The third kappa shape index (κ3) is 5.34. The van der Waals surface area contributed by atoms with Crippen LogP contribution < -0.4 is 0 Å². The van der Waals surface area contributed by atoms with Gasteiger partial charge in [0.05, 0.1) is 5.60 Å². The number of nitrogens with zero attached hydrogens (tertiary/aromatic N) is 1. The fourth-order valence-corrected chi connectivity index (χ4v) is 4.48. The van der Waals surface area contributed by atoms with E-state index in [1.54, 1.807) is 12.1 Å². The summed E-state index contributed by atoms with van der Waals surface area (Å²) in [7, 11) is 0. The Kier molecular flexibility index (Phi) is 6.60. The van der Waals surface area contributed by atoms with Crippen molar-refractivity contribution in [3.8, 4) is 0 Å². The van der Waals surface area contributed by atoms with Crippen molar-refractivity contribution in [1.29, 1.82) is 0 Å². The summed E-state index contributed by atoms with van der Waals surface area (Å²) in [6.45, 7) is 10.5. The number of allylic oxidation sites excluding steroid dienone is 1. The van der Waals surface area contributed by atoms with Gasteiger partial charge < -0.3 is 5.11 Å². The summed E-state index contributed by atoms with van der Waals surface area (Å²) in [4.78, 5) is 2.50. The van der Waals surface area contributed by atoms with Crippen molar-refractivity contribution in [2.75, 3.05) is 13.1 Å². The zero-order valence-electron chi connectivity index (χ0n) is 18.2. The molecule has 2 nitrogen and oxygen atoms in total. The zero-order chi connectivity index (χ0) is 21.1. The van der Waals surface area contributed by atoms with Gasteiger partial charge in [0.15, 0.2) is 0 Å². The van der Waals surface area contributed by atoms with E-state index in [2.05, 4.69) is 38.7 Å². The minimum Gasteiger partial charge on any atom is -0.385 e. The summed E-state index contributed by atoms with van der Waals surface area (Å²) in [6, 6.07) is 17.2. The molecule has 0 amide bonds. The summed E-state index contributed by atoms with van der Waals surface area (Å²) < 4.78 is 13.4. The Bertz CT molecular complexity index is 814. The highest BCUT2D eigenvalue weighted by atomic mass is 19.1. The molecule has 1 aliphatic heterocycles. The smallest absolute Gasteiger partial charge is 0.123 e. The van der Waals surface area contributed by atoms with Crippen LogP contribution in [0.4, 0.5) is 4.39 Å². The Morgan fingerprint density at radius 2 is 1.66 bits per heavy atom. The molecule has 0 spiro atoms. The van der Waals surface area contributed by atoms with E-state index >= 15 is 0 Å². The van der Waals surface area contributed by atoms with Crippen molar-refractivity contribution in [3.63, 3.8) is 0 Å². The van der Waals surface area contributed by atoms with Gasteiger partial charge in [0.1, 0.15) is 5.82 Å². The lowest BCUT2D eigenvalue weighted by molar-refractivity contribution is -0.0334. The first-order valence-electron chi connectivity index (χ1n) is 10.6. The highest BCUT2D eigenvalue weighted by molar-refractivity contribution is 5.26. The van der Waals surface area contributed by atoms with Crippen LogP contribution in [0.25, 0.3) is 0 Å². The Hall–Kier alpha value is -1.97. The molecule has 0 radical (unpaired) electrons. The monoisotopic (exact) mass is 395 g/mol. The molecule has 2 aromatic carbocycles.